The second kappa shape index (κ2) is 14.2. The fourth-order valence-corrected chi connectivity index (χ4v) is 5.01. The Labute approximate surface area is 248 Å². The number of hydrogen-bond donors (Lipinski definition) is 3. The van der Waals surface area contributed by atoms with E-state index in [4.69, 9.17) is 4.98 Å². The van der Waals surface area contributed by atoms with Gasteiger partial charge in [-0.05, 0) is 76.9 Å². The number of nitrogens with one attached hydrogen (secondary N) is 2. The number of rotatable bonds is 15. The molecule has 2 aromatic heterocycles. The second-order valence-corrected chi connectivity index (χ2v) is 11.5. The van der Waals surface area contributed by atoms with Crippen molar-refractivity contribution in [3.8, 4) is 11.1 Å². The summed E-state index contributed by atoms with van der Waals surface area (Å²) in [5.74, 6) is 1.65. The number of carbonyl (C=O) groups is 1. The van der Waals surface area contributed by atoms with Crippen molar-refractivity contribution in [3.05, 3.63) is 65.5 Å². The number of carboxylic acid groups (broad SMARTS) is 1. The summed E-state index contributed by atoms with van der Waals surface area (Å²) < 4.78 is 2.24. The van der Waals surface area contributed by atoms with Crippen LogP contribution in [0.1, 0.15) is 54.4 Å². The van der Waals surface area contributed by atoms with Crippen LogP contribution in [0.2, 0.25) is 0 Å². The smallest absolute Gasteiger partial charge is 0.336 e. The molecule has 0 radical (unpaired) electrons. The summed E-state index contributed by atoms with van der Waals surface area (Å²) in [5.41, 5.74) is 4.71. The molecule has 0 aliphatic heterocycles. The molecule has 224 valence electrons. The summed E-state index contributed by atoms with van der Waals surface area (Å²) in [6.07, 6.45) is 1.96. The van der Waals surface area contributed by atoms with Crippen LogP contribution in [-0.4, -0.2) is 95.0 Å². The minimum atomic E-state index is -0.931. The van der Waals surface area contributed by atoms with Crippen LogP contribution < -0.4 is 10.6 Å². The number of fused-ring (bicyclic) bond motifs is 1. The maximum Gasteiger partial charge on any atom is 0.336 e. The molecule has 42 heavy (non-hydrogen) atoms. The molecule has 4 aromatic rings. The van der Waals surface area contributed by atoms with E-state index in [1.165, 1.54) is 0 Å². The van der Waals surface area contributed by atoms with Gasteiger partial charge in [0.1, 0.15) is 16.9 Å². The zero-order valence-electron chi connectivity index (χ0n) is 25.7. The number of nitrogens with zero attached hydrogens (tertiary/aromatic N) is 6. The molecule has 0 atom stereocenters. The Morgan fingerprint density at radius 2 is 1.48 bits per heavy atom. The number of hydrogen-bond acceptors (Lipinski definition) is 8. The summed E-state index contributed by atoms with van der Waals surface area (Å²) >= 11 is 0. The SMILES string of the molecule is CC(C)c1nc2c(NCCCN(C)C)nnc(NCCCN(C)C)c2n1Cc1ccc(-c2ccccc2C(=O)O)cc1. The summed E-state index contributed by atoms with van der Waals surface area (Å²) in [4.78, 5) is 21.2. The molecule has 0 bridgehead atoms. The minimum Gasteiger partial charge on any atom is -0.478 e. The van der Waals surface area contributed by atoms with Crippen molar-refractivity contribution in [2.45, 2.75) is 39.2 Å². The molecule has 3 N–H and O–H groups in total. The molecule has 0 aliphatic rings. The first-order valence-corrected chi connectivity index (χ1v) is 14.6. The van der Waals surface area contributed by atoms with E-state index in [2.05, 4.69) is 89.4 Å². The van der Waals surface area contributed by atoms with Crippen LogP contribution in [0.15, 0.2) is 48.5 Å². The summed E-state index contributed by atoms with van der Waals surface area (Å²) in [5, 5.41) is 25.8. The van der Waals surface area contributed by atoms with Gasteiger partial charge in [0.15, 0.2) is 11.6 Å². The molecular formula is C32H44N8O2. The average Bonchev–Trinajstić information content (AvgIpc) is 3.34. The number of anilines is 2. The van der Waals surface area contributed by atoms with Gasteiger partial charge in [-0.2, -0.15) is 0 Å². The number of aromatic carboxylic acids is 1. The van der Waals surface area contributed by atoms with Crippen molar-refractivity contribution in [3.63, 3.8) is 0 Å². The summed E-state index contributed by atoms with van der Waals surface area (Å²) in [7, 11) is 8.29. The number of benzene rings is 2. The molecule has 2 heterocycles. The molecular weight excluding hydrogens is 528 g/mol. The molecule has 0 amide bonds. The third-order valence-electron chi connectivity index (χ3n) is 7.12. The quantitative estimate of drug-likeness (QED) is 0.168. The van der Waals surface area contributed by atoms with Crippen LogP contribution in [0.5, 0.6) is 0 Å². The zero-order chi connectivity index (χ0) is 30.2. The van der Waals surface area contributed by atoms with Crippen LogP contribution >= 0.6 is 0 Å². The largest absolute Gasteiger partial charge is 0.478 e. The lowest BCUT2D eigenvalue weighted by Crippen LogP contribution is -2.18. The van der Waals surface area contributed by atoms with Crippen molar-refractivity contribution in [2.75, 3.05) is 65.0 Å². The Balaban J connectivity index is 1.70. The normalized spacial score (nSPS) is 11.6. The first-order valence-electron chi connectivity index (χ1n) is 14.6. The lowest BCUT2D eigenvalue weighted by molar-refractivity contribution is 0.0697. The van der Waals surface area contributed by atoms with E-state index in [-0.39, 0.29) is 5.92 Å². The molecule has 0 aliphatic carbocycles. The summed E-state index contributed by atoms with van der Waals surface area (Å²) in [6.45, 7) is 8.41. The van der Waals surface area contributed by atoms with Gasteiger partial charge in [0.05, 0.1) is 5.56 Å². The van der Waals surface area contributed by atoms with Gasteiger partial charge in [-0.15, -0.1) is 10.2 Å². The monoisotopic (exact) mass is 572 g/mol. The second-order valence-electron chi connectivity index (χ2n) is 11.5. The Kier molecular flexibility index (Phi) is 10.5. The number of carboxylic acids is 1. The van der Waals surface area contributed by atoms with Gasteiger partial charge in [-0.1, -0.05) is 56.3 Å². The lowest BCUT2D eigenvalue weighted by Gasteiger charge is -2.15. The van der Waals surface area contributed by atoms with E-state index in [0.29, 0.717) is 23.5 Å². The third-order valence-corrected chi connectivity index (χ3v) is 7.12. The fraction of sp³-hybridized carbons (Fsp3) is 0.438. The molecule has 10 heteroatoms. The summed E-state index contributed by atoms with van der Waals surface area (Å²) in [6, 6.07) is 15.2. The topological polar surface area (TPSA) is 111 Å². The molecule has 0 saturated heterocycles. The third kappa shape index (κ3) is 7.63. The van der Waals surface area contributed by atoms with Crippen LogP contribution in [-0.2, 0) is 6.54 Å². The van der Waals surface area contributed by atoms with Crippen molar-refractivity contribution < 1.29 is 9.90 Å². The molecule has 4 rings (SSSR count). The highest BCUT2D eigenvalue weighted by molar-refractivity contribution is 5.96. The maximum atomic E-state index is 11.8. The van der Waals surface area contributed by atoms with Crippen molar-refractivity contribution in [1.29, 1.82) is 0 Å². The number of imidazole rings is 1. The maximum absolute atomic E-state index is 11.8. The predicted molar refractivity (Wildman–Crippen MR) is 171 cm³/mol. The van der Waals surface area contributed by atoms with E-state index in [0.717, 1.165) is 72.8 Å². The molecule has 10 nitrogen and oxygen atoms in total. The van der Waals surface area contributed by atoms with Crippen LogP contribution in [0.3, 0.4) is 0 Å². The average molecular weight is 573 g/mol. The van der Waals surface area contributed by atoms with Crippen LogP contribution in [0.25, 0.3) is 22.2 Å². The van der Waals surface area contributed by atoms with Gasteiger partial charge >= 0.3 is 5.97 Å². The number of aromatic nitrogens is 4. The van der Waals surface area contributed by atoms with E-state index >= 15 is 0 Å². The van der Waals surface area contributed by atoms with Crippen molar-refractivity contribution in [1.82, 2.24) is 29.5 Å². The van der Waals surface area contributed by atoms with Crippen molar-refractivity contribution >= 4 is 28.6 Å². The minimum absolute atomic E-state index is 0.183. The molecule has 2 aromatic carbocycles. The molecule has 0 spiro atoms. The Morgan fingerprint density at radius 1 is 0.881 bits per heavy atom. The van der Waals surface area contributed by atoms with E-state index in [9.17, 15) is 9.90 Å². The van der Waals surface area contributed by atoms with Gasteiger partial charge in [0.25, 0.3) is 0 Å². The Hall–Kier alpha value is -4.02. The van der Waals surface area contributed by atoms with E-state index in [1.807, 2.05) is 24.3 Å². The standard InChI is InChI=1S/C32H44N8O2/c1-22(2)31-35-27-28(30(34-18-10-20-39(5)6)37-36-29(27)33-17-9-19-38(3)4)40(31)21-23-13-15-24(16-14-23)25-11-7-8-12-26(25)32(41)42/h7-8,11-16,22H,9-10,17-21H2,1-6H3,(H,33,36)(H,34,37)(H,41,42). The zero-order valence-corrected chi connectivity index (χ0v) is 25.7. The van der Waals surface area contributed by atoms with Gasteiger partial charge < -0.3 is 30.1 Å². The first kappa shape index (κ1) is 30.9. The Morgan fingerprint density at radius 3 is 2.07 bits per heavy atom. The van der Waals surface area contributed by atoms with Crippen molar-refractivity contribution in [2.24, 2.45) is 0 Å². The first-order chi connectivity index (χ1) is 20.2. The Bertz CT molecular complexity index is 1480. The molecule has 0 fully saturated rings. The van der Waals surface area contributed by atoms with Gasteiger partial charge in [-0.3, -0.25) is 0 Å². The lowest BCUT2D eigenvalue weighted by atomic mass is 9.98. The molecule has 0 saturated carbocycles. The van der Waals surface area contributed by atoms with Gasteiger partial charge in [0.2, 0.25) is 0 Å². The highest BCUT2D eigenvalue weighted by Gasteiger charge is 2.22. The van der Waals surface area contributed by atoms with Crippen LogP contribution in [0.4, 0.5) is 11.6 Å². The fourth-order valence-electron chi connectivity index (χ4n) is 5.01. The van der Waals surface area contributed by atoms with Gasteiger partial charge in [-0.25, -0.2) is 9.78 Å². The van der Waals surface area contributed by atoms with E-state index in [1.54, 1.807) is 12.1 Å². The van der Waals surface area contributed by atoms with Crippen LogP contribution in [0, 0.1) is 0 Å². The highest BCUT2D eigenvalue weighted by atomic mass is 16.4. The molecule has 0 unspecified atom stereocenters. The highest BCUT2D eigenvalue weighted by Crippen LogP contribution is 2.31. The van der Waals surface area contributed by atoms with E-state index < -0.39 is 5.97 Å². The van der Waals surface area contributed by atoms with Gasteiger partial charge in [0, 0.05) is 25.6 Å². The predicted octanol–water partition coefficient (Wildman–Crippen LogP) is 5.09.